The Bertz CT molecular complexity index is 572. The highest BCUT2D eigenvalue weighted by atomic mass is 32.2. The Morgan fingerprint density at radius 2 is 2.20 bits per heavy atom. The third-order valence-corrected chi connectivity index (χ3v) is 5.06. The van der Waals surface area contributed by atoms with Gasteiger partial charge in [-0.05, 0) is 31.5 Å². The number of sulfone groups is 1. The van der Waals surface area contributed by atoms with Crippen LogP contribution in [-0.4, -0.2) is 39.9 Å². The maximum atomic E-state index is 12.1. The van der Waals surface area contributed by atoms with Gasteiger partial charge in [0.05, 0.1) is 22.9 Å². The maximum Gasteiger partial charge on any atom is 0.179 e. The van der Waals surface area contributed by atoms with Crippen LogP contribution in [0.25, 0.3) is 0 Å². The second-order valence-electron chi connectivity index (χ2n) is 5.11. The van der Waals surface area contributed by atoms with Crippen molar-refractivity contribution in [2.45, 2.75) is 31.3 Å². The number of ether oxygens (including phenoxy) is 1. The van der Waals surface area contributed by atoms with Crippen LogP contribution in [0.4, 0.5) is 5.69 Å². The maximum absolute atomic E-state index is 12.1. The van der Waals surface area contributed by atoms with Crippen LogP contribution in [0.3, 0.4) is 0 Å². The molecule has 1 aliphatic rings. The minimum Gasteiger partial charge on any atom is -0.487 e. The van der Waals surface area contributed by atoms with Crippen molar-refractivity contribution in [1.82, 2.24) is 0 Å². The van der Waals surface area contributed by atoms with Gasteiger partial charge in [-0.2, -0.15) is 0 Å². The largest absolute Gasteiger partial charge is 0.487 e. The molecule has 0 spiro atoms. The van der Waals surface area contributed by atoms with Gasteiger partial charge in [-0.15, -0.1) is 0 Å². The van der Waals surface area contributed by atoms with Gasteiger partial charge < -0.3 is 15.4 Å². The third kappa shape index (κ3) is 3.07. The predicted octanol–water partition coefficient (Wildman–Crippen LogP) is 1.42. The number of rotatable bonds is 5. The van der Waals surface area contributed by atoms with Gasteiger partial charge in [0, 0.05) is 13.1 Å². The average Bonchev–Trinajstić information content (AvgIpc) is 2.38. The normalized spacial score (nSPS) is 18.6. The first kappa shape index (κ1) is 15.1. The van der Waals surface area contributed by atoms with Crippen molar-refractivity contribution in [3.63, 3.8) is 0 Å². The highest BCUT2D eigenvalue weighted by Crippen LogP contribution is 2.35. The Labute approximate surface area is 120 Å². The lowest BCUT2D eigenvalue weighted by molar-refractivity contribution is 0.212. The summed E-state index contributed by atoms with van der Waals surface area (Å²) in [6, 6.07) is 5.06. The molecule has 2 rings (SSSR count). The van der Waals surface area contributed by atoms with Crippen LogP contribution in [-0.2, 0) is 9.84 Å². The molecular formula is C14H22N2O3S. The summed E-state index contributed by atoms with van der Waals surface area (Å²) in [5.74, 6) is 0.723. The lowest BCUT2D eigenvalue weighted by atomic mass is 10.2. The van der Waals surface area contributed by atoms with Crippen molar-refractivity contribution in [3.8, 4) is 5.75 Å². The van der Waals surface area contributed by atoms with Gasteiger partial charge in [0.1, 0.15) is 11.9 Å². The first-order valence-corrected chi connectivity index (χ1v) is 8.61. The summed E-state index contributed by atoms with van der Waals surface area (Å²) in [5.41, 5.74) is 6.23. The first-order valence-electron chi connectivity index (χ1n) is 6.96. The monoisotopic (exact) mass is 298 g/mol. The van der Waals surface area contributed by atoms with Crippen molar-refractivity contribution in [2.75, 3.05) is 30.3 Å². The van der Waals surface area contributed by atoms with Crippen LogP contribution in [0.1, 0.15) is 20.3 Å². The number of hydrogen-bond acceptors (Lipinski definition) is 5. The molecule has 6 heteroatoms. The summed E-state index contributed by atoms with van der Waals surface area (Å²) in [7, 11) is -3.30. The van der Waals surface area contributed by atoms with Gasteiger partial charge in [0.15, 0.2) is 9.84 Å². The first-order chi connectivity index (χ1) is 9.47. The molecule has 112 valence electrons. The van der Waals surface area contributed by atoms with E-state index in [0.717, 1.165) is 30.9 Å². The molecule has 1 aliphatic heterocycles. The quantitative estimate of drug-likeness (QED) is 0.890. The molecule has 20 heavy (non-hydrogen) atoms. The minimum absolute atomic E-state index is 0.0309. The fraction of sp³-hybridized carbons (Fsp3) is 0.571. The van der Waals surface area contributed by atoms with Gasteiger partial charge in [0.2, 0.25) is 0 Å². The van der Waals surface area contributed by atoms with Gasteiger partial charge in [-0.3, -0.25) is 0 Å². The molecule has 1 aromatic rings. The highest BCUT2D eigenvalue weighted by molar-refractivity contribution is 7.91. The zero-order valence-corrected chi connectivity index (χ0v) is 12.8. The van der Waals surface area contributed by atoms with E-state index in [2.05, 4.69) is 11.8 Å². The molecule has 0 bridgehead atoms. The number of hydrogen-bond donors (Lipinski definition) is 1. The molecule has 0 aliphatic carbocycles. The SMILES string of the molecule is CCCN1CC(C)Oc2ccc(S(=O)(=O)CCN)cc21. The van der Waals surface area contributed by atoms with Crippen LogP contribution in [0.2, 0.25) is 0 Å². The Morgan fingerprint density at radius 1 is 1.45 bits per heavy atom. The molecule has 1 unspecified atom stereocenters. The van der Waals surface area contributed by atoms with E-state index in [4.69, 9.17) is 10.5 Å². The summed E-state index contributed by atoms with van der Waals surface area (Å²) >= 11 is 0. The Balaban J connectivity index is 2.41. The van der Waals surface area contributed by atoms with E-state index >= 15 is 0 Å². The molecular weight excluding hydrogens is 276 g/mol. The number of fused-ring (bicyclic) bond motifs is 1. The van der Waals surface area contributed by atoms with Gasteiger partial charge in [-0.25, -0.2) is 8.42 Å². The van der Waals surface area contributed by atoms with Crippen molar-refractivity contribution in [1.29, 1.82) is 0 Å². The average molecular weight is 298 g/mol. The van der Waals surface area contributed by atoms with Crippen LogP contribution in [0.15, 0.2) is 23.1 Å². The fourth-order valence-electron chi connectivity index (χ4n) is 2.45. The van der Waals surface area contributed by atoms with Gasteiger partial charge in [-0.1, -0.05) is 6.92 Å². The van der Waals surface area contributed by atoms with Crippen LogP contribution >= 0.6 is 0 Å². The Morgan fingerprint density at radius 3 is 2.85 bits per heavy atom. The van der Waals surface area contributed by atoms with E-state index in [9.17, 15) is 8.42 Å². The number of nitrogens with two attached hydrogens (primary N) is 1. The standard InChI is InChI=1S/C14H22N2O3S/c1-3-7-16-10-11(2)19-14-5-4-12(9-13(14)16)20(17,18)8-6-15/h4-5,9,11H,3,6-8,10,15H2,1-2H3. The van der Waals surface area contributed by atoms with Gasteiger partial charge >= 0.3 is 0 Å². The zero-order chi connectivity index (χ0) is 14.8. The lowest BCUT2D eigenvalue weighted by Gasteiger charge is -2.35. The summed E-state index contributed by atoms with van der Waals surface area (Å²) in [6.07, 6.45) is 1.12. The van der Waals surface area contributed by atoms with Crippen molar-refractivity contribution in [2.24, 2.45) is 5.73 Å². The van der Waals surface area contributed by atoms with Crippen LogP contribution in [0, 0.1) is 0 Å². The summed E-state index contributed by atoms with van der Waals surface area (Å²) in [5, 5.41) is 0. The summed E-state index contributed by atoms with van der Waals surface area (Å²) in [4.78, 5) is 2.51. The van der Waals surface area contributed by atoms with Gasteiger partial charge in [0.25, 0.3) is 0 Å². The molecule has 0 radical (unpaired) electrons. The molecule has 0 amide bonds. The van der Waals surface area contributed by atoms with Crippen molar-refractivity contribution < 1.29 is 13.2 Å². The number of benzene rings is 1. The topological polar surface area (TPSA) is 72.6 Å². The van der Waals surface area contributed by atoms with E-state index in [1.54, 1.807) is 18.2 Å². The Kier molecular flexibility index (Phi) is 4.55. The number of nitrogens with zero attached hydrogens (tertiary/aromatic N) is 1. The lowest BCUT2D eigenvalue weighted by Crippen LogP contribution is -2.38. The van der Waals surface area contributed by atoms with E-state index in [1.807, 2.05) is 6.92 Å². The summed E-state index contributed by atoms with van der Waals surface area (Å²) < 4.78 is 30.0. The molecule has 0 saturated heterocycles. The van der Waals surface area contributed by atoms with Crippen LogP contribution < -0.4 is 15.4 Å². The highest BCUT2D eigenvalue weighted by Gasteiger charge is 2.24. The van der Waals surface area contributed by atoms with E-state index in [-0.39, 0.29) is 18.4 Å². The van der Waals surface area contributed by atoms with E-state index in [1.165, 1.54) is 0 Å². The Hall–Kier alpha value is -1.27. The molecule has 2 N–H and O–H groups in total. The van der Waals surface area contributed by atoms with E-state index < -0.39 is 9.84 Å². The fourth-order valence-corrected chi connectivity index (χ4v) is 3.57. The number of anilines is 1. The van der Waals surface area contributed by atoms with Crippen LogP contribution in [0.5, 0.6) is 5.75 Å². The molecule has 1 atom stereocenters. The second-order valence-corrected chi connectivity index (χ2v) is 7.22. The smallest absolute Gasteiger partial charge is 0.179 e. The molecule has 0 saturated carbocycles. The molecule has 1 aromatic carbocycles. The van der Waals surface area contributed by atoms with Crippen molar-refractivity contribution in [3.05, 3.63) is 18.2 Å². The zero-order valence-electron chi connectivity index (χ0n) is 12.0. The summed E-state index contributed by atoms with van der Waals surface area (Å²) in [6.45, 7) is 5.92. The van der Waals surface area contributed by atoms with E-state index in [0.29, 0.717) is 4.90 Å². The third-order valence-electron chi connectivity index (χ3n) is 3.32. The molecule has 5 nitrogen and oxygen atoms in total. The van der Waals surface area contributed by atoms with Crippen molar-refractivity contribution >= 4 is 15.5 Å². The predicted molar refractivity (Wildman–Crippen MR) is 80.1 cm³/mol. The molecule has 1 heterocycles. The second kappa shape index (κ2) is 6.01. The molecule has 0 fully saturated rings. The molecule has 0 aromatic heterocycles. The minimum atomic E-state index is -3.30.